The van der Waals surface area contributed by atoms with Crippen LogP contribution in [0.25, 0.3) is 0 Å². The maximum atomic E-state index is 10.4. The Hall–Kier alpha value is -0.980. The Bertz CT molecular complexity index is 475. The molecular formula is C19H30O. The van der Waals surface area contributed by atoms with Crippen molar-refractivity contribution in [3.63, 3.8) is 0 Å². The smallest absolute Gasteiger partial charge is 0.119 e. The van der Waals surface area contributed by atoms with Gasteiger partial charge in [-0.1, -0.05) is 53.5 Å². The largest absolute Gasteiger partial charge is 0.508 e. The number of benzene rings is 1. The molecule has 0 radical (unpaired) electrons. The molecule has 1 nitrogen and oxygen atoms in total. The van der Waals surface area contributed by atoms with Crippen molar-refractivity contribution in [1.29, 1.82) is 0 Å². The average molecular weight is 274 g/mol. The summed E-state index contributed by atoms with van der Waals surface area (Å²) in [7, 11) is 0. The molecule has 0 saturated heterocycles. The highest BCUT2D eigenvalue weighted by Crippen LogP contribution is 2.47. The van der Waals surface area contributed by atoms with Crippen LogP contribution >= 0.6 is 0 Å². The second kappa shape index (κ2) is 5.79. The minimum Gasteiger partial charge on any atom is -0.508 e. The SMILES string of the molecule is CCCCC1(C)c2cc(O)c(C(C)C)cc2CCC1C. The van der Waals surface area contributed by atoms with Crippen LogP contribution in [0, 0.1) is 5.92 Å². The van der Waals surface area contributed by atoms with Gasteiger partial charge < -0.3 is 5.11 Å². The monoisotopic (exact) mass is 274 g/mol. The summed E-state index contributed by atoms with van der Waals surface area (Å²) in [5.74, 6) is 1.59. The van der Waals surface area contributed by atoms with Crippen LogP contribution in [0.1, 0.15) is 82.9 Å². The fourth-order valence-electron chi connectivity index (χ4n) is 3.73. The van der Waals surface area contributed by atoms with E-state index in [0.29, 0.717) is 17.6 Å². The highest BCUT2D eigenvalue weighted by molar-refractivity contribution is 5.48. The van der Waals surface area contributed by atoms with Crippen molar-refractivity contribution in [2.24, 2.45) is 5.92 Å². The van der Waals surface area contributed by atoms with Crippen LogP contribution in [-0.4, -0.2) is 5.11 Å². The first-order valence-corrected chi connectivity index (χ1v) is 8.26. The van der Waals surface area contributed by atoms with Crippen LogP contribution in [-0.2, 0) is 11.8 Å². The number of phenols is 1. The van der Waals surface area contributed by atoms with Crippen molar-refractivity contribution >= 4 is 0 Å². The second-order valence-electron chi connectivity index (χ2n) is 7.18. The van der Waals surface area contributed by atoms with E-state index < -0.39 is 0 Å². The lowest BCUT2D eigenvalue weighted by atomic mass is 9.62. The molecule has 2 rings (SSSR count). The summed E-state index contributed by atoms with van der Waals surface area (Å²) in [5.41, 5.74) is 4.22. The van der Waals surface area contributed by atoms with Gasteiger partial charge in [-0.25, -0.2) is 0 Å². The second-order valence-corrected chi connectivity index (χ2v) is 7.18. The van der Waals surface area contributed by atoms with Gasteiger partial charge in [0.2, 0.25) is 0 Å². The molecule has 112 valence electrons. The quantitative estimate of drug-likeness (QED) is 0.763. The summed E-state index contributed by atoms with van der Waals surface area (Å²) < 4.78 is 0. The molecule has 0 spiro atoms. The molecule has 1 N–H and O–H groups in total. The van der Waals surface area contributed by atoms with E-state index in [9.17, 15) is 5.11 Å². The van der Waals surface area contributed by atoms with Crippen molar-refractivity contribution in [2.75, 3.05) is 0 Å². The first kappa shape index (κ1) is 15.4. The van der Waals surface area contributed by atoms with Crippen molar-refractivity contribution in [1.82, 2.24) is 0 Å². The van der Waals surface area contributed by atoms with Gasteiger partial charge in [0.25, 0.3) is 0 Å². The van der Waals surface area contributed by atoms with E-state index in [4.69, 9.17) is 0 Å². The van der Waals surface area contributed by atoms with Crippen molar-refractivity contribution in [3.8, 4) is 5.75 Å². The van der Waals surface area contributed by atoms with Gasteiger partial charge in [-0.2, -0.15) is 0 Å². The van der Waals surface area contributed by atoms with E-state index in [2.05, 4.69) is 46.8 Å². The Kier molecular flexibility index (Phi) is 4.46. The van der Waals surface area contributed by atoms with Crippen LogP contribution in [0.2, 0.25) is 0 Å². The van der Waals surface area contributed by atoms with E-state index in [-0.39, 0.29) is 5.41 Å². The van der Waals surface area contributed by atoms with Gasteiger partial charge in [-0.05, 0) is 59.3 Å². The van der Waals surface area contributed by atoms with Gasteiger partial charge in [0.05, 0.1) is 0 Å². The van der Waals surface area contributed by atoms with Gasteiger partial charge in [0.1, 0.15) is 5.75 Å². The Morgan fingerprint density at radius 3 is 2.65 bits per heavy atom. The van der Waals surface area contributed by atoms with Crippen molar-refractivity contribution in [3.05, 3.63) is 28.8 Å². The van der Waals surface area contributed by atoms with Crippen molar-refractivity contribution < 1.29 is 5.11 Å². The number of aryl methyl sites for hydroxylation is 1. The zero-order valence-corrected chi connectivity index (χ0v) is 13.8. The van der Waals surface area contributed by atoms with Crippen LogP contribution in [0.4, 0.5) is 0 Å². The first-order valence-electron chi connectivity index (χ1n) is 8.26. The highest BCUT2D eigenvalue weighted by atomic mass is 16.3. The Balaban J connectivity index is 2.48. The maximum Gasteiger partial charge on any atom is 0.119 e. The van der Waals surface area contributed by atoms with Crippen LogP contribution in [0.15, 0.2) is 12.1 Å². The third kappa shape index (κ3) is 2.60. The highest BCUT2D eigenvalue weighted by Gasteiger charge is 2.37. The van der Waals surface area contributed by atoms with E-state index in [1.165, 1.54) is 36.8 Å². The van der Waals surface area contributed by atoms with E-state index in [0.717, 1.165) is 12.0 Å². The molecule has 1 aromatic carbocycles. The van der Waals surface area contributed by atoms with Gasteiger partial charge in [0.15, 0.2) is 0 Å². The molecule has 2 atom stereocenters. The standard InChI is InChI=1S/C19H30O/c1-6-7-10-19(5)14(4)8-9-15-11-16(13(2)3)18(20)12-17(15)19/h11-14,20H,6-10H2,1-5H3. The number of hydrogen-bond donors (Lipinski definition) is 1. The summed E-state index contributed by atoms with van der Waals surface area (Å²) in [4.78, 5) is 0. The summed E-state index contributed by atoms with van der Waals surface area (Å²) >= 11 is 0. The number of rotatable bonds is 4. The third-order valence-corrected chi connectivity index (χ3v) is 5.47. The van der Waals surface area contributed by atoms with Gasteiger partial charge >= 0.3 is 0 Å². The number of phenolic OH excluding ortho intramolecular Hbond substituents is 1. The molecule has 0 aromatic heterocycles. The molecule has 1 aromatic rings. The lowest BCUT2D eigenvalue weighted by molar-refractivity contribution is 0.251. The summed E-state index contributed by atoms with van der Waals surface area (Å²) in [6, 6.07) is 4.35. The normalized spacial score (nSPS) is 25.8. The van der Waals surface area contributed by atoms with E-state index in [1.54, 1.807) is 0 Å². The maximum absolute atomic E-state index is 10.4. The van der Waals surface area contributed by atoms with Crippen LogP contribution in [0.5, 0.6) is 5.75 Å². The van der Waals surface area contributed by atoms with Crippen LogP contribution < -0.4 is 0 Å². The number of hydrogen-bond acceptors (Lipinski definition) is 1. The molecular weight excluding hydrogens is 244 g/mol. The topological polar surface area (TPSA) is 20.2 Å². The molecule has 20 heavy (non-hydrogen) atoms. The summed E-state index contributed by atoms with van der Waals surface area (Å²) in [6.07, 6.45) is 6.19. The zero-order valence-electron chi connectivity index (χ0n) is 13.8. The van der Waals surface area contributed by atoms with Crippen LogP contribution in [0.3, 0.4) is 0 Å². The number of unbranched alkanes of at least 4 members (excludes halogenated alkanes) is 1. The summed E-state index contributed by atoms with van der Waals surface area (Å²) in [5, 5.41) is 10.4. The molecule has 0 heterocycles. The minimum atomic E-state index is 0.233. The van der Waals surface area contributed by atoms with Gasteiger partial charge in [-0.3, -0.25) is 0 Å². The number of aromatic hydroxyl groups is 1. The van der Waals surface area contributed by atoms with Crippen molar-refractivity contribution in [2.45, 2.75) is 78.1 Å². The zero-order chi connectivity index (χ0) is 14.9. The van der Waals surface area contributed by atoms with E-state index >= 15 is 0 Å². The molecule has 2 unspecified atom stereocenters. The molecule has 1 aliphatic rings. The molecule has 1 heteroatoms. The average Bonchev–Trinajstić information content (AvgIpc) is 2.41. The Morgan fingerprint density at radius 1 is 1.35 bits per heavy atom. The molecule has 0 fully saturated rings. The molecule has 0 aliphatic heterocycles. The predicted octanol–water partition coefficient (Wildman–Crippen LogP) is 5.55. The number of fused-ring (bicyclic) bond motifs is 1. The third-order valence-electron chi connectivity index (χ3n) is 5.47. The Labute approximate surface area is 124 Å². The lowest BCUT2D eigenvalue weighted by Gasteiger charge is -2.42. The van der Waals surface area contributed by atoms with Gasteiger partial charge in [0, 0.05) is 0 Å². The molecule has 0 bridgehead atoms. The molecule has 1 aliphatic carbocycles. The lowest BCUT2D eigenvalue weighted by Crippen LogP contribution is -2.35. The molecule has 0 amide bonds. The fourth-order valence-corrected chi connectivity index (χ4v) is 3.73. The first-order chi connectivity index (χ1) is 9.40. The molecule has 0 saturated carbocycles. The van der Waals surface area contributed by atoms with Gasteiger partial charge in [-0.15, -0.1) is 0 Å². The van der Waals surface area contributed by atoms with E-state index in [1.807, 2.05) is 0 Å². The Morgan fingerprint density at radius 2 is 2.05 bits per heavy atom. The summed E-state index contributed by atoms with van der Waals surface area (Å²) in [6.45, 7) is 11.4. The fraction of sp³-hybridized carbons (Fsp3) is 0.684. The minimum absolute atomic E-state index is 0.233. The predicted molar refractivity (Wildman–Crippen MR) is 86.6 cm³/mol.